The molecule has 4 nitrogen and oxygen atoms in total. The fourth-order valence-corrected chi connectivity index (χ4v) is 6.36. The third-order valence-electron chi connectivity index (χ3n) is 8.19. The number of rotatable bonds is 3. The monoisotopic (exact) mass is 517 g/mol. The van der Waals surface area contributed by atoms with E-state index in [-0.39, 0.29) is 0 Å². The van der Waals surface area contributed by atoms with Gasteiger partial charge >= 0.3 is 0 Å². The van der Waals surface area contributed by atoms with Gasteiger partial charge in [-0.3, -0.25) is 0 Å². The number of aromatic nitrogens is 2. The maximum Gasteiger partial charge on any atom is 0.121 e. The van der Waals surface area contributed by atoms with Gasteiger partial charge in [-0.05, 0) is 65.7 Å². The summed E-state index contributed by atoms with van der Waals surface area (Å²) >= 11 is 0. The topological polar surface area (TPSA) is 32.9 Å². The lowest BCUT2D eigenvalue weighted by Crippen LogP contribution is -2.47. The van der Waals surface area contributed by atoms with Crippen LogP contribution < -0.4 is 4.76 Å². The minimum Gasteiger partial charge on any atom is -0.601 e. The second kappa shape index (κ2) is 8.82. The number of hydrogen-bond acceptors (Lipinski definition) is 1. The predicted molar refractivity (Wildman–Crippen MR) is 168 cm³/mol. The molecule has 192 valence electrons. The van der Waals surface area contributed by atoms with Gasteiger partial charge in [-0.25, -0.2) is 4.76 Å². The van der Waals surface area contributed by atoms with Crippen molar-refractivity contribution in [1.82, 2.24) is 14.0 Å². The van der Waals surface area contributed by atoms with Crippen LogP contribution in [0, 0.1) is 5.21 Å². The lowest BCUT2D eigenvalue weighted by molar-refractivity contribution is 0.307. The Morgan fingerprint density at radius 3 is 1.90 bits per heavy atom. The van der Waals surface area contributed by atoms with Gasteiger partial charge in [0, 0.05) is 33.7 Å². The first kappa shape index (κ1) is 23.0. The highest BCUT2D eigenvalue weighted by atomic mass is 16.6. The average Bonchev–Trinajstić information content (AvgIpc) is 3.42. The maximum atomic E-state index is 14.1. The van der Waals surface area contributed by atoms with Gasteiger partial charge in [0.1, 0.15) is 23.8 Å². The first-order chi connectivity index (χ1) is 19.7. The van der Waals surface area contributed by atoms with Crippen LogP contribution in [-0.4, -0.2) is 15.8 Å². The SMILES string of the molecule is [O-][N+]1(n2c3ccccc3c3cc(-c4ccc5c(c4)c4ccccc4n5-c4ccccc4)ccc32)C=CC=CCC1. The first-order valence-electron chi connectivity index (χ1n) is 13.8. The van der Waals surface area contributed by atoms with Crippen molar-refractivity contribution in [1.29, 1.82) is 0 Å². The molecule has 0 bridgehead atoms. The molecular formula is C36H27N3O. The Labute approximate surface area is 232 Å². The standard InChI is InChI=1S/C36H27N3O/c40-39(22-10-1-2-11-23-39)38-35-17-9-7-15-30(35)32-25-27(19-21-36(32)38)26-18-20-34-31(24-26)29-14-6-8-16-33(29)37(34)28-12-4-3-5-13-28/h1-10,12-22,24-25H,11,23H2. The summed E-state index contributed by atoms with van der Waals surface area (Å²) in [4.78, 5) is 0. The highest BCUT2D eigenvalue weighted by Gasteiger charge is 2.24. The average molecular weight is 518 g/mol. The second-order valence-corrected chi connectivity index (χ2v) is 10.5. The minimum atomic E-state index is -0.526. The molecule has 0 fully saturated rings. The number of fused-ring (bicyclic) bond motifs is 6. The van der Waals surface area contributed by atoms with Crippen LogP contribution >= 0.6 is 0 Å². The Hall–Kier alpha value is -4.90. The predicted octanol–water partition coefficient (Wildman–Crippen LogP) is 8.97. The van der Waals surface area contributed by atoms with Crippen LogP contribution in [0.25, 0.3) is 60.4 Å². The van der Waals surface area contributed by atoms with Gasteiger partial charge in [-0.2, -0.15) is 4.68 Å². The fraction of sp³-hybridized carbons (Fsp3) is 0.0556. The van der Waals surface area contributed by atoms with Crippen molar-refractivity contribution < 1.29 is 0 Å². The van der Waals surface area contributed by atoms with Crippen LogP contribution in [0.1, 0.15) is 6.42 Å². The molecule has 0 N–H and O–H groups in total. The van der Waals surface area contributed by atoms with Crippen LogP contribution in [0.15, 0.2) is 140 Å². The normalized spacial score (nSPS) is 17.3. The number of nitrogens with zero attached hydrogens (tertiary/aromatic N) is 3. The Morgan fingerprint density at radius 2 is 1.12 bits per heavy atom. The molecule has 3 heterocycles. The van der Waals surface area contributed by atoms with Gasteiger partial charge in [0.15, 0.2) is 0 Å². The highest BCUT2D eigenvalue weighted by molar-refractivity contribution is 6.12. The Morgan fingerprint density at radius 1 is 0.550 bits per heavy atom. The zero-order valence-corrected chi connectivity index (χ0v) is 21.9. The molecule has 1 aliphatic rings. The summed E-state index contributed by atoms with van der Waals surface area (Å²) in [6.45, 7) is 0.463. The van der Waals surface area contributed by atoms with Crippen LogP contribution in [-0.2, 0) is 0 Å². The van der Waals surface area contributed by atoms with Crippen LogP contribution in [0.4, 0.5) is 0 Å². The zero-order valence-electron chi connectivity index (χ0n) is 21.9. The summed E-state index contributed by atoms with van der Waals surface area (Å²) in [5.74, 6) is 0. The number of quaternary nitrogens is 1. The van der Waals surface area contributed by atoms with Crippen molar-refractivity contribution in [2.75, 3.05) is 6.54 Å². The first-order valence-corrected chi connectivity index (χ1v) is 13.8. The lowest BCUT2D eigenvalue weighted by atomic mass is 10.0. The zero-order chi connectivity index (χ0) is 26.7. The molecule has 0 radical (unpaired) electrons. The van der Waals surface area contributed by atoms with E-state index in [2.05, 4.69) is 120 Å². The molecule has 2 aromatic heterocycles. The largest absolute Gasteiger partial charge is 0.601 e. The Bertz CT molecular complexity index is 2130. The number of hydroxylamine groups is 2. The van der Waals surface area contributed by atoms with E-state index >= 15 is 0 Å². The van der Waals surface area contributed by atoms with Gasteiger partial charge in [-0.1, -0.05) is 78.9 Å². The molecule has 1 atom stereocenters. The van der Waals surface area contributed by atoms with Crippen molar-refractivity contribution in [2.24, 2.45) is 0 Å². The van der Waals surface area contributed by atoms with E-state index in [9.17, 15) is 5.21 Å². The summed E-state index contributed by atoms with van der Waals surface area (Å²) in [6.07, 6.45) is 8.38. The fourth-order valence-electron chi connectivity index (χ4n) is 6.36. The molecule has 0 aliphatic carbocycles. The molecule has 5 aromatic carbocycles. The van der Waals surface area contributed by atoms with Crippen molar-refractivity contribution >= 4 is 43.6 Å². The summed E-state index contributed by atoms with van der Waals surface area (Å²) in [5, 5.41) is 18.8. The number of allylic oxidation sites excluding steroid dienone is 2. The Kier molecular flexibility index (Phi) is 5.08. The number of hydrogen-bond donors (Lipinski definition) is 0. The van der Waals surface area contributed by atoms with Gasteiger partial charge in [-0.15, -0.1) is 0 Å². The van der Waals surface area contributed by atoms with Gasteiger partial charge < -0.3 is 9.77 Å². The molecule has 1 aliphatic heterocycles. The van der Waals surface area contributed by atoms with Crippen LogP contribution in [0.3, 0.4) is 0 Å². The van der Waals surface area contributed by atoms with Crippen molar-refractivity contribution in [3.63, 3.8) is 0 Å². The number of para-hydroxylation sites is 3. The Balaban J connectivity index is 1.34. The van der Waals surface area contributed by atoms with E-state index in [0.717, 1.165) is 45.0 Å². The van der Waals surface area contributed by atoms with E-state index in [1.54, 1.807) is 6.20 Å². The summed E-state index contributed by atoms with van der Waals surface area (Å²) in [6, 6.07) is 40.7. The highest BCUT2D eigenvalue weighted by Crippen LogP contribution is 2.38. The quantitative estimate of drug-likeness (QED) is 0.170. The van der Waals surface area contributed by atoms with Crippen molar-refractivity contribution in [3.05, 3.63) is 145 Å². The van der Waals surface area contributed by atoms with Gasteiger partial charge in [0.05, 0.1) is 11.0 Å². The van der Waals surface area contributed by atoms with Gasteiger partial charge in [0.2, 0.25) is 0 Å². The maximum absolute atomic E-state index is 14.1. The summed E-state index contributed by atoms with van der Waals surface area (Å²) in [5.41, 5.74) is 7.75. The summed E-state index contributed by atoms with van der Waals surface area (Å²) in [7, 11) is 0. The second-order valence-electron chi connectivity index (χ2n) is 10.5. The van der Waals surface area contributed by atoms with Crippen molar-refractivity contribution in [2.45, 2.75) is 6.42 Å². The van der Waals surface area contributed by atoms with E-state index < -0.39 is 4.76 Å². The van der Waals surface area contributed by atoms with Crippen LogP contribution in [0.2, 0.25) is 0 Å². The van der Waals surface area contributed by atoms with E-state index in [1.807, 2.05) is 22.9 Å². The van der Waals surface area contributed by atoms with E-state index in [0.29, 0.717) is 6.54 Å². The molecule has 0 saturated carbocycles. The van der Waals surface area contributed by atoms with E-state index in [4.69, 9.17) is 0 Å². The molecule has 8 rings (SSSR count). The molecule has 0 saturated heterocycles. The molecule has 4 heteroatoms. The molecule has 40 heavy (non-hydrogen) atoms. The molecule has 7 aromatic rings. The molecular weight excluding hydrogens is 490 g/mol. The summed E-state index contributed by atoms with van der Waals surface area (Å²) < 4.78 is 3.75. The molecule has 1 unspecified atom stereocenters. The third kappa shape index (κ3) is 3.40. The lowest BCUT2D eigenvalue weighted by Gasteiger charge is -2.39. The smallest absolute Gasteiger partial charge is 0.121 e. The third-order valence-corrected chi connectivity index (χ3v) is 8.19. The molecule has 0 amide bonds. The van der Waals surface area contributed by atoms with E-state index in [1.165, 1.54) is 21.8 Å². The number of benzene rings is 5. The molecule has 0 spiro atoms. The van der Waals surface area contributed by atoms with Crippen LogP contribution in [0.5, 0.6) is 0 Å². The van der Waals surface area contributed by atoms with Gasteiger partial charge in [0.25, 0.3) is 0 Å². The minimum absolute atomic E-state index is 0.463. The van der Waals surface area contributed by atoms with Crippen molar-refractivity contribution in [3.8, 4) is 16.8 Å².